The van der Waals surface area contributed by atoms with E-state index >= 15 is 0 Å². The molecular formula is C17H14F6N6O2S2. The maximum Gasteiger partial charge on any atom is 0.435 e. The van der Waals surface area contributed by atoms with Crippen molar-refractivity contribution in [2.75, 3.05) is 5.75 Å². The lowest BCUT2D eigenvalue weighted by molar-refractivity contribution is -0.142. The Kier molecular flexibility index (Phi) is 6.38. The summed E-state index contributed by atoms with van der Waals surface area (Å²) in [5.41, 5.74) is -1.95. The third-order valence-corrected chi connectivity index (χ3v) is 6.82. The number of thiazole rings is 1. The first-order valence-corrected chi connectivity index (χ1v) is 11.0. The molecule has 2 N–H and O–H groups in total. The molecule has 0 saturated carbocycles. The van der Waals surface area contributed by atoms with E-state index in [1.165, 1.54) is 11.6 Å². The van der Waals surface area contributed by atoms with Gasteiger partial charge in [0, 0.05) is 19.0 Å². The largest absolute Gasteiger partial charge is 0.435 e. The van der Waals surface area contributed by atoms with Gasteiger partial charge in [-0.15, -0.1) is 0 Å². The number of fused-ring (bicyclic) bond motifs is 1. The standard InChI is InChI=1S/C17H12F6N6OS2.H2O/c1-3-32(30)14-12(31-15(26-14)29-5-4-10(27-29)16(18,19)20)13-25-8-6-11(17(21,22)23)24-7-9(8)28(13)2;/h4-7H,3H2,1-2H3;1H2. The topological polar surface area (TPSA) is 110 Å². The van der Waals surface area contributed by atoms with Crippen molar-refractivity contribution in [3.63, 3.8) is 0 Å². The van der Waals surface area contributed by atoms with Crippen molar-refractivity contribution < 1.29 is 36.0 Å². The molecule has 1 atom stereocenters. The molecule has 0 amide bonds. The molecule has 4 aromatic heterocycles. The van der Waals surface area contributed by atoms with Gasteiger partial charge in [-0.3, -0.25) is 4.21 Å². The molecule has 0 aromatic carbocycles. The Hall–Kier alpha value is -2.85. The van der Waals surface area contributed by atoms with Crippen LogP contribution in [0.25, 0.3) is 26.9 Å². The van der Waals surface area contributed by atoms with Gasteiger partial charge < -0.3 is 10.0 Å². The molecule has 8 nitrogen and oxygen atoms in total. The molecule has 0 radical (unpaired) electrons. The summed E-state index contributed by atoms with van der Waals surface area (Å²) in [5, 5.41) is 3.53. The number of alkyl halides is 6. The summed E-state index contributed by atoms with van der Waals surface area (Å²) in [7, 11) is -0.0920. The molecule has 0 aliphatic rings. The molecule has 1 unspecified atom stereocenters. The van der Waals surface area contributed by atoms with Crippen LogP contribution < -0.4 is 0 Å². The quantitative estimate of drug-likeness (QED) is 0.388. The number of imidazole rings is 1. The molecule has 33 heavy (non-hydrogen) atoms. The van der Waals surface area contributed by atoms with Crippen molar-refractivity contribution in [1.29, 1.82) is 0 Å². The van der Waals surface area contributed by atoms with Gasteiger partial charge in [-0.1, -0.05) is 18.3 Å². The van der Waals surface area contributed by atoms with Gasteiger partial charge in [0.1, 0.15) is 10.6 Å². The molecule has 16 heteroatoms. The summed E-state index contributed by atoms with van der Waals surface area (Å²) in [6, 6.07) is 1.57. The average Bonchev–Trinajstić information content (AvgIpc) is 3.43. The average molecular weight is 512 g/mol. The van der Waals surface area contributed by atoms with E-state index in [0.29, 0.717) is 0 Å². The Morgan fingerprint density at radius 2 is 1.76 bits per heavy atom. The smallest absolute Gasteiger partial charge is 0.412 e. The van der Waals surface area contributed by atoms with Crippen LogP contribution in [0.2, 0.25) is 0 Å². The van der Waals surface area contributed by atoms with E-state index in [0.717, 1.165) is 40.5 Å². The zero-order valence-corrected chi connectivity index (χ0v) is 18.3. The predicted molar refractivity (Wildman–Crippen MR) is 107 cm³/mol. The summed E-state index contributed by atoms with van der Waals surface area (Å²) in [5.74, 6) is 0.317. The molecule has 4 aromatic rings. The van der Waals surface area contributed by atoms with Crippen LogP contribution in [0.4, 0.5) is 26.3 Å². The van der Waals surface area contributed by atoms with Crippen LogP contribution in [0.15, 0.2) is 29.6 Å². The summed E-state index contributed by atoms with van der Waals surface area (Å²) >= 11 is 0.875. The van der Waals surface area contributed by atoms with Gasteiger partial charge in [-0.05, 0) is 12.1 Å². The predicted octanol–water partition coefficient (Wildman–Crippen LogP) is 3.62. The van der Waals surface area contributed by atoms with Crippen molar-refractivity contribution in [2.45, 2.75) is 24.3 Å². The van der Waals surface area contributed by atoms with Crippen molar-refractivity contribution in [3.8, 4) is 15.8 Å². The maximum absolute atomic E-state index is 13.0. The van der Waals surface area contributed by atoms with E-state index in [9.17, 15) is 30.6 Å². The highest BCUT2D eigenvalue weighted by Gasteiger charge is 2.35. The lowest BCUT2D eigenvalue weighted by Crippen LogP contribution is -2.07. The molecule has 4 heterocycles. The molecule has 0 aliphatic carbocycles. The van der Waals surface area contributed by atoms with Gasteiger partial charge in [0.2, 0.25) is 5.13 Å². The Morgan fingerprint density at radius 3 is 2.33 bits per heavy atom. The van der Waals surface area contributed by atoms with Crippen molar-refractivity contribution in [1.82, 2.24) is 29.3 Å². The lowest BCUT2D eigenvalue weighted by Gasteiger charge is -2.04. The van der Waals surface area contributed by atoms with Crippen LogP contribution in [0.3, 0.4) is 0 Å². The Bertz CT molecular complexity index is 1340. The fraction of sp³-hybridized carbons (Fsp3) is 0.294. The van der Waals surface area contributed by atoms with E-state index in [1.54, 1.807) is 6.92 Å². The monoisotopic (exact) mass is 512 g/mol. The van der Waals surface area contributed by atoms with Gasteiger partial charge in [0.15, 0.2) is 16.5 Å². The van der Waals surface area contributed by atoms with Crippen LogP contribution >= 0.6 is 11.3 Å². The molecule has 0 saturated heterocycles. The molecule has 0 fully saturated rings. The fourth-order valence-electron chi connectivity index (χ4n) is 2.85. The molecule has 4 rings (SSSR count). The second-order valence-corrected chi connectivity index (χ2v) is 9.09. The Morgan fingerprint density at radius 1 is 1.09 bits per heavy atom. The Labute approximate surface area is 187 Å². The van der Waals surface area contributed by atoms with Crippen molar-refractivity contribution in [3.05, 3.63) is 35.9 Å². The second-order valence-electron chi connectivity index (χ2n) is 6.46. The third-order valence-electron chi connectivity index (χ3n) is 4.40. The van der Waals surface area contributed by atoms with Gasteiger partial charge in [-0.25, -0.2) is 19.6 Å². The third kappa shape index (κ3) is 4.49. The number of aryl methyl sites for hydroxylation is 1. The Balaban J connectivity index is 0.00000306. The minimum atomic E-state index is -4.66. The molecule has 0 spiro atoms. The van der Waals surface area contributed by atoms with Crippen LogP contribution in [0.1, 0.15) is 18.3 Å². The summed E-state index contributed by atoms with van der Waals surface area (Å²) in [6.45, 7) is 1.63. The zero-order chi connectivity index (χ0) is 23.4. The molecule has 0 bridgehead atoms. The van der Waals surface area contributed by atoms with E-state index < -0.39 is 34.5 Å². The van der Waals surface area contributed by atoms with Gasteiger partial charge in [0.05, 0.1) is 28.0 Å². The highest BCUT2D eigenvalue weighted by molar-refractivity contribution is 7.85. The second kappa shape index (κ2) is 8.49. The number of aromatic nitrogens is 6. The molecule has 0 aliphatic heterocycles. The van der Waals surface area contributed by atoms with E-state index in [-0.39, 0.29) is 43.1 Å². The van der Waals surface area contributed by atoms with Crippen LogP contribution in [-0.2, 0) is 30.2 Å². The maximum atomic E-state index is 13.0. The van der Waals surface area contributed by atoms with E-state index in [1.807, 2.05) is 0 Å². The number of halogens is 6. The molecular weight excluding hydrogens is 498 g/mol. The number of rotatable bonds is 4. The number of hydrogen-bond donors (Lipinski definition) is 0. The highest BCUT2D eigenvalue weighted by atomic mass is 32.2. The minimum absolute atomic E-state index is 0. The first kappa shape index (κ1) is 24.8. The summed E-state index contributed by atoms with van der Waals surface area (Å²) < 4.78 is 92.6. The van der Waals surface area contributed by atoms with Gasteiger partial charge in [0.25, 0.3) is 0 Å². The number of pyridine rings is 1. The van der Waals surface area contributed by atoms with E-state index in [2.05, 4.69) is 20.1 Å². The minimum Gasteiger partial charge on any atom is -0.412 e. The summed E-state index contributed by atoms with van der Waals surface area (Å²) in [6.07, 6.45) is -7.22. The normalized spacial score (nSPS) is 13.3. The van der Waals surface area contributed by atoms with E-state index in [4.69, 9.17) is 0 Å². The molecule has 178 valence electrons. The highest BCUT2D eigenvalue weighted by Crippen LogP contribution is 2.37. The van der Waals surface area contributed by atoms with Gasteiger partial charge in [-0.2, -0.15) is 31.4 Å². The van der Waals surface area contributed by atoms with Crippen LogP contribution in [-0.4, -0.2) is 44.7 Å². The van der Waals surface area contributed by atoms with Gasteiger partial charge >= 0.3 is 12.4 Å². The zero-order valence-electron chi connectivity index (χ0n) is 16.7. The number of hydrogen-bond acceptors (Lipinski definition) is 6. The first-order valence-electron chi connectivity index (χ1n) is 8.82. The van der Waals surface area contributed by atoms with Crippen molar-refractivity contribution >= 4 is 33.2 Å². The first-order chi connectivity index (χ1) is 14.9. The van der Waals surface area contributed by atoms with Crippen LogP contribution in [0.5, 0.6) is 0 Å². The summed E-state index contributed by atoms with van der Waals surface area (Å²) in [4.78, 5) is 12.1. The van der Waals surface area contributed by atoms with Crippen LogP contribution in [0, 0.1) is 0 Å². The fourth-order valence-corrected chi connectivity index (χ4v) is 5.00. The number of nitrogens with zero attached hydrogens (tertiary/aromatic N) is 6. The van der Waals surface area contributed by atoms with Crippen molar-refractivity contribution in [2.24, 2.45) is 7.05 Å². The SMILES string of the molecule is CCS(=O)c1nc(-n2ccc(C(F)(F)F)n2)sc1-c1nc2cc(C(F)(F)F)ncc2n1C.O. The lowest BCUT2D eigenvalue weighted by atomic mass is 10.3.